The second kappa shape index (κ2) is 10.9. The van der Waals surface area contributed by atoms with Gasteiger partial charge in [0.15, 0.2) is 11.6 Å². The Bertz CT molecular complexity index is 1040. The molecule has 3 N–H and O–H groups in total. The van der Waals surface area contributed by atoms with Crippen molar-refractivity contribution in [2.24, 2.45) is 16.6 Å². The topological polar surface area (TPSA) is 108 Å². The van der Waals surface area contributed by atoms with Crippen molar-refractivity contribution >= 4 is 17.8 Å². The molecule has 0 spiro atoms. The van der Waals surface area contributed by atoms with E-state index in [2.05, 4.69) is 4.99 Å². The Labute approximate surface area is 206 Å². The first-order chi connectivity index (χ1) is 16.9. The van der Waals surface area contributed by atoms with Crippen molar-refractivity contribution in [2.45, 2.75) is 37.8 Å². The number of carbonyl (C=O) groups is 2. The van der Waals surface area contributed by atoms with Crippen molar-refractivity contribution < 1.29 is 19.4 Å². The van der Waals surface area contributed by atoms with E-state index in [1.807, 2.05) is 47.4 Å². The molecule has 8 nitrogen and oxygen atoms in total. The number of esters is 1. The van der Waals surface area contributed by atoms with Crippen LogP contribution in [0.4, 0.5) is 0 Å². The lowest BCUT2D eigenvalue weighted by molar-refractivity contribution is -0.160. The number of hydrogen-bond donors (Lipinski definition) is 2. The monoisotopic (exact) mass is 478 g/mol. The molecule has 2 aliphatic rings. The van der Waals surface area contributed by atoms with E-state index in [1.165, 1.54) is 7.11 Å². The van der Waals surface area contributed by atoms with Gasteiger partial charge < -0.3 is 25.4 Å². The number of amides is 1. The minimum absolute atomic E-state index is 0.0624. The molecule has 35 heavy (non-hydrogen) atoms. The van der Waals surface area contributed by atoms with Crippen LogP contribution in [0.3, 0.4) is 0 Å². The second-order valence-corrected chi connectivity index (χ2v) is 9.26. The Balaban J connectivity index is 1.38. The van der Waals surface area contributed by atoms with Crippen LogP contribution in [0.1, 0.15) is 47.2 Å². The van der Waals surface area contributed by atoms with Gasteiger partial charge in [0, 0.05) is 32.1 Å². The number of methoxy groups -OCH3 is 1. The summed E-state index contributed by atoms with van der Waals surface area (Å²) in [5, 5.41) is 11.8. The van der Waals surface area contributed by atoms with E-state index in [0.717, 1.165) is 31.2 Å². The van der Waals surface area contributed by atoms with E-state index in [1.54, 1.807) is 17.0 Å². The van der Waals surface area contributed by atoms with E-state index in [-0.39, 0.29) is 17.8 Å². The fraction of sp³-hybridized carbons (Fsp3) is 0.444. The number of aliphatic imine (C=N–C) groups is 1. The van der Waals surface area contributed by atoms with Crippen molar-refractivity contribution in [3.05, 3.63) is 71.3 Å². The van der Waals surface area contributed by atoms with Crippen molar-refractivity contribution in [3.63, 3.8) is 0 Å². The summed E-state index contributed by atoms with van der Waals surface area (Å²) in [6, 6.07) is 16.4. The van der Waals surface area contributed by atoms with Crippen LogP contribution in [-0.4, -0.2) is 66.0 Å². The number of ether oxygens (including phenoxy) is 1. The number of guanidine groups is 1. The summed E-state index contributed by atoms with van der Waals surface area (Å²) in [7, 11) is 1.35. The molecular formula is C27H34N4O4. The van der Waals surface area contributed by atoms with E-state index in [4.69, 9.17) is 10.5 Å². The maximum atomic E-state index is 13.7. The summed E-state index contributed by atoms with van der Waals surface area (Å²) in [6.45, 7) is 2.45. The Morgan fingerprint density at radius 3 is 2.20 bits per heavy atom. The largest absolute Gasteiger partial charge is 0.465 e. The highest BCUT2D eigenvalue weighted by Crippen LogP contribution is 2.42. The molecule has 2 aromatic carbocycles. The van der Waals surface area contributed by atoms with Crippen LogP contribution < -0.4 is 5.73 Å². The zero-order valence-corrected chi connectivity index (χ0v) is 20.2. The molecule has 1 heterocycles. The Morgan fingerprint density at radius 2 is 1.60 bits per heavy atom. The summed E-state index contributed by atoms with van der Waals surface area (Å²) in [5.74, 6) is -0.230. The maximum absolute atomic E-state index is 13.7. The molecule has 2 aromatic rings. The number of piperazine rings is 1. The highest BCUT2D eigenvalue weighted by Gasteiger charge is 2.48. The minimum atomic E-state index is -1.49. The summed E-state index contributed by atoms with van der Waals surface area (Å²) in [6.07, 6.45) is 3.80. The van der Waals surface area contributed by atoms with Crippen LogP contribution in [0.25, 0.3) is 0 Å². The maximum Gasteiger partial charge on any atom is 0.337 e. The van der Waals surface area contributed by atoms with Crippen LogP contribution in [0.5, 0.6) is 0 Å². The lowest BCUT2D eigenvalue weighted by Gasteiger charge is -2.41. The molecule has 186 valence electrons. The molecule has 0 radical (unpaired) electrons. The van der Waals surface area contributed by atoms with E-state index >= 15 is 0 Å². The van der Waals surface area contributed by atoms with Crippen molar-refractivity contribution in [3.8, 4) is 0 Å². The summed E-state index contributed by atoms with van der Waals surface area (Å²) in [5.41, 5.74) is 6.85. The summed E-state index contributed by atoms with van der Waals surface area (Å²) >= 11 is 0. The highest BCUT2D eigenvalue weighted by molar-refractivity contribution is 5.89. The molecule has 2 fully saturated rings. The molecule has 0 unspecified atom stereocenters. The Kier molecular flexibility index (Phi) is 7.70. The first-order valence-corrected chi connectivity index (χ1v) is 12.2. The van der Waals surface area contributed by atoms with Crippen LogP contribution in [-0.2, 0) is 21.7 Å². The van der Waals surface area contributed by atoms with Gasteiger partial charge in [0.05, 0.1) is 19.2 Å². The fourth-order valence-electron chi connectivity index (χ4n) is 5.09. The van der Waals surface area contributed by atoms with Gasteiger partial charge in [-0.15, -0.1) is 0 Å². The van der Waals surface area contributed by atoms with Crippen molar-refractivity contribution in [1.29, 1.82) is 0 Å². The normalized spacial score (nSPS) is 18.9. The van der Waals surface area contributed by atoms with Crippen LogP contribution >= 0.6 is 0 Å². The number of benzene rings is 2. The first kappa shape index (κ1) is 24.7. The molecule has 0 aromatic heterocycles. The third-order valence-corrected chi connectivity index (χ3v) is 7.18. The Morgan fingerprint density at radius 1 is 1.00 bits per heavy atom. The van der Waals surface area contributed by atoms with E-state index < -0.39 is 5.60 Å². The van der Waals surface area contributed by atoms with E-state index in [0.29, 0.717) is 49.8 Å². The van der Waals surface area contributed by atoms with Gasteiger partial charge in [0.2, 0.25) is 0 Å². The molecule has 8 heteroatoms. The second-order valence-electron chi connectivity index (χ2n) is 9.26. The Hall–Kier alpha value is -3.39. The predicted octanol–water partition coefficient (Wildman–Crippen LogP) is 2.51. The van der Waals surface area contributed by atoms with Crippen LogP contribution in [0.15, 0.2) is 59.6 Å². The zero-order chi connectivity index (χ0) is 24.8. The third-order valence-electron chi connectivity index (χ3n) is 7.18. The van der Waals surface area contributed by atoms with Gasteiger partial charge in [-0.25, -0.2) is 9.79 Å². The SMILES string of the molecule is COC(=O)c1ccc(CN=C(N)N2CCN(C(=O)[C@](O)(c3ccccc3)C3CCCC3)CC2)cc1. The lowest BCUT2D eigenvalue weighted by Crippen LogP contribution is -2.58. The van der Waals surface area contributed by atoms with E-state index in [9.17, 15) is 14.7 Å². The molecule has 4 rings (SSSR count). The number of carbonyl (C=O) groups excluding carboxylic acids is 2. The predicted molar refractivity (Wildman–Crippen MR) is 134 cm³/mol. The molecule has 1 atom stereocenters. The number of rotatable bonds is 6. The number of nitrogens with two attached hydrogens (primary N) is 1. The molecule has 1 saturated heterocycles. The van der Waals surface area contributed by atoms with Gasteiger partial charge in [0.25, 0.3) is 5.91 Å². The van der Waals surface area contributed by atoms with Gasteiger partial charge in [0.1, 0.15) is 0 Å². The van der Waals surface area contributed by atoms with Crippen molar-refractivity contribution in [1.82, 2.24) is 9.80 Å². The third kappa shape index (κ3) is 5.32. The van der Waals surface area contributed by atoms with Gasteiger partial charge in [-0.1, -0.05) is 55.3 Å². The molecule has 1 amide bonds. The highest BCUT2D eigenvalue weighted by atomic mass is 16.5. The molecule has 1 aliphatic heterocycles. The average molecular weight is 479 g/mol. The standard InChI is InChI=1S/C27H34N4O4/c1-35-24(32)21-13-11-20(12-14-21)19-29-26(28)31-17-15-30(16-18-31)25(33)27(34,23-9-5-6-10-23)22-7-3-2-4-8-22/h2-4,7-8,11-14,23,34H,5-6,9-10,15-19H2,1H3,(H2,28,29)/t27-/m0/s1. The minimum Gasteiger partial charge on any atom is -0.465 e. The number of aliphatic hydroxyl groups is 1. The van der Waals surface area contributed by atoms with Gasteiger partial charge in [-0.3, -0.25) is 4.79 Å². The van der Waals surface area contributed by atoms with Crippen LogP contribution in [0.2, 0.25) is 0 Å². The summed E-state index contributed by atoms with van der Waals surface area (Å²) in [4.78, 5) is 33.4. The van der Waals surface area contributed by atoms with Gasteiger partial charge >= 0.3 is 5.97 Å². The van der Waals surface area contributed by atoms with Gasteiger partial charge in [-0.2, -0.15) is 0 Å². The molecule has 1 saturated carbocycles. The molecule has 1 aliphatic carbocycles. The number of nitrogens with zero attached hydrogens (tertiary/aromatic N) is 3. The molecule has 0 bridgehead atoms. The number of hydrogen-bond acceptors (Lipinski definition) is 5. The van der Waals surface area contributed by atoms with Crippen LogP contribution in [0, 0.1) is 5.92 Å². The smallest absolute Gasteiger partial charge is 0.337 e. The quantitative estimate of drug-likeness (QED) is 0.375. The van der Waals surface area contributed by atoms with Gasteiger partial charge in [-0.05, 0) is 36.1 Å². The molecular weight excluding hydrogens is 444 g/mol. The summed E-state index contributed by atoms with van der Waals surface area (Å²) < 4.78 is 4.72. The average Bonchev–Trinajstić information content (AvgIpc) is 3.47. The van der Waals surface area contributed by atoms with Crippen molar-refractivity contribution in [2.75, 3.05) is 33.3 Å². The zero-order valence-electron chi connectivity index (χ0n) is 20.2. The lowest BCUT2D eigenvalue weighted by atomic mass is 9.79. The fourth-order valence-corrected chi connectivity index (χ4v) is 5.09. The first-order valence-electron chi connectivity index (χ1n) is 12.2.